The Balaban J connectivity index is 1.82. The smallest absolute Gasteiger partial charge is 0.253 e. The van der Waals surface area contributed by atoms with E-state index >= 15 is 0 Å². The average Bonchev–Trinajstić information content (AvgIpc) is 2.95. The van der Waals surface area contributed by atoms with E-state index in [9.17, 15) is 13.2 Å². The van der Waals surface area contributed by atoms with Crippen molar-refractivity contribution in [3.63, 3.8) is 0 Å². The van der Waals surface area contributed by atoms with Crippen molar-refractivity contribution in [2.24, 2.45) is 0 Å². The van der Waals surface area contributed by atoms with Crippen LogP contribution in [0.2, 0.25) is 0 Å². The molecule has 1 N–H and O–H groups in total. The quantitative estimate of drug-likeness (QED) is 0.706. The van der Waals surface area contributed by atoms with Crippen molar-refractivity contribution in [1.29, 1.82) is 0 Å². The number of nitrogens with zero attached hydrogens (tertiary/aromatic N) is 3. The molecule has 0 spiro atoms. The van der Waals surface area contributed by atoms with Crippen molar-refractivity contribution >= 4 is 15.9 Å². The van der Waals surface area contributed by atoms with Gasteiger partial charge in [-0.2, -0.15) is 9.40 Å². The normalized spacial score (nSPS) is 23.4. The predicted octanol–water partition coefficient (Wildman–Crippen LogP) is -0.560. The molecule has 8 nitrogen and oxygen atoms in total. The molecule has 1 aromatic heterocycles. The summed E-state index contributed by atoms with van der Waals surface area (Å²) >= 11 is 0. The van der Waals surface area contributed by atoms with E-state index in [-0.39, 0.29) is 25.6 Å². The number of nitrogens with one attached hydrogen (secondary N) is 1. The number of aryl methyl sites for hydroxylation is 1. The van der Waals surface area contributed by atoms with Gasteiger partial charge in [-0.3, -0.25) is 9.48 Å². The summed E-state index contributed by atoms with van der Waals surface area (Å²) in [7, 11) is -3.32. The van der Waals surface area contributed by atoms with Crippen LogP contribution in [0.25, 0.3) is 0 Å². The van der Waals surface area contributed by atoms with Crippen molar-refractivity contribution in [2.45, 2.75) is 25.5 Å². The molecule has 1 fully saturated rings. The second-order valence-electron chi connectivity index (χ2n) is 5.55. The van der Waals surface area contributed by atoms with Gasteiger partial charge in [0.2, 0.25) is 10.0 Å². The van der Waals surface area contributed by atoms with Gasteiger partial charge in [-0.25, -0.2) is 8.42 Å². The van der Waals surface area contributed by atoms with E-state index in [1.54, 1.807) is 17.8 Å². The summed E-state index contributed by atoms with van der Waals surface area (Å²) in [6.45, 7) is 3.34. The van der Waals surface area contributed by atoms with Crippen LogP contribution in [0.5, 0.6) is 0 Å². The van der Waals surface area contributed by atoms with Crippen LogP contribution in [0.3, 0.4) is 0 Å². The minimum Gasteiger partial charge on any atom is -0.363 e. The van der Waals surface area contributed by atoms with E-state index in [2.05, 4.69) is 10.4 Å². The van der Waals surface area contributed by atoms with Crippen LogP contribution >= 0.6 is 0 Å². The maximum atomic E-state index is 12.3. The van der Waals surface area contributed by atoms with E-state index in [1.807, 2.05) is 12.3 Å². The van der Waals surface area contributed by atoms with E-state index in [0.717, 1.165) is 12.7 Å². The number of hydrogen-bond acceptors (Lipinski definition) is 5. The Morgan fingerprint density at radius 2 is 2.27 bits per heavy atom. The van der Waals surface area contributed by atoms with E-state index in [4.69, 9.17) is 4.74 Å². The van der Waals surface area contributed by atoms with Gasteiger partial charge in [-0.15, -0.1) is 0 Å². The van der Waals surface area contributed by atoms with E-state index < -0.39 is 15.6 Å². The summed E-state index contributed by atoms with van der Waals surface area (Å²) in [4.78, 5) is 12.3. The zero-order valence-corrected chi connectivity index (χ0v) is 13.7. The standard InChI is InChI=1S/C13H22N4O4S/c1-13(11-17(9-10-21-13)22(2,19)20)12(18)14-5-3-7-16-8-4-6-15-16/h4,6,8H,3,5,7,9-11H2,1-2H3,(H,14,18)/t13-/m1/s1. The lowest BCUT2D eigenvalue weighted by Gasteiger charge is -2.37. The molecule has 0 saturated carbocycles. The average molecular weight is 330 g/mol. The highest BCUT2D eigenvalue weighted by molar-refractivity contribution is 7.88. The summed E-state index contributed by atoms with van der Waals surface area (Å²) in [6, 6.07) is 1.84. The molecular weight excluding hydrogens is 308 g/mol. The van der Waals surface area contributed by atoms with Gasteiger partial charge in [-0.05, 0) is 19.4 Å². The minimum atomic E-state index is -3.32. The molecule has 0 aliphatic carbocycles. The molecule has 0 unspecified atom stereocenters. The van der Waals surface area contributed by atoms with Gasteiger partial charge in [0, 0.05) is 32.0 Å². The third kappa shape index (κ3) is 4.28. The summed E-state index contributed by atoms with van der Waals surface area (Å²) in [5, 5.41) is 6.88. The topological polar surface area (TPSA) is 93.5 Å². The Hall–Kier alpha value is -1.45. The first-order valence-corrected chi connectivity index (χ1v) is 9.01. The van der Waals surface area contributed by atoms with E-state index in [1.165, 1.54) is 4.31 Å². The minimum absolute atomic E-state index is 0.0385. The molecule has 1 amide bonds. The number of rotatable bonds is 6. The summed E-state index contributed by atoms with van der Waals surface area (Å²) in [6.07, 6.45) is 5.44. The SMILES string of the molecule is C[C@]1(C(=O)NCCCn2cccn2)CN(S(C)(=O)=O)CCO1. The molecule has 2 heterocycles. The predicted molar refractivity (Wildman–Crippen MR) is 80.6 cm³/mol. The molecule has 1 aromatic rings. The molecule has 1 atom stereocenters. The number of carbonyl (C=O) groups excluding carboxylic acids is 1. The number of morpholine rings is 1. The first-order chi connectivity index (χ1) is 10.3. The highest BCUT2D eigenvalue weighted by Gasteiger charge is 2.41. The zero-order chi connectivity index (χ0) is 16.2. The van der Waals surface area contributed by atoms with Crippen LogP contribution in [-0.2, 0) is 26.1 Å². The molecule has 22 heavy (non-hydrogen) atoms. The molecule has 0 radical (unpaired) electrons. The van der Waals surface area contributed by atoms with Crippen molar-refractivity contribution in [3.8, 4) is 0 Å². The molecular formula is C13H22N4O4S. The fraction of sp³-hybridized carbons (Fsp3) is 0.692. The molecule has 0 aromatic carbocycles. The number of amides is 1. The molecule has 124 valence electrons. The van der Waals surface area contributed by atoms with Gasteiger partial charge in [-0.1, -0.05) is 0 Å². The summed E-state index contributed by atoms with van der Waals surface area (Å²) < 4.78 is 31.8. The van der Waals surface area contributed by atoms with Crippen molar-refractivity contribution < 1.29 is 17.9 Å². The fourth-order valence-electron chi connectivity index (χ4n) is 2.32. The van der Waals surface area contributed by atoms with Crippen molar-refractivity contribution in [1.82, 2.24) is 19.4 Å². The largest absolute Gasteiger partial charge is 0.363 e. The van der Waals surface area contributed by atoms with Crippen molar-refractivity contribution in [2.75, 3.05) is 32.5 Å². The third-order valence-electron chi connectivity index (χ3n) is 3.60. The van der Waals surface area contributed by atoms with Gasteiger partial charge in [0.1, 0.15) is 0 Å². The van der Waals surface area contributed by atoms with E-state index in [0.29, 0.717) is 13.1 Å². The van der Waals surface area contributed by atoms with Crippen LogP contribution in [0.4, 0.5) is 0 Å². The number of sulfonamides is 1. The maximum absolute atomic E-state index is 12.3. The molecule has 1 saturated heterocycles. The Bertz CT molecular complexity index is 602. The van der Waals surface area contributed by atoms with Gasteiger partial charge < -0.3 is 10.1 Å². The first-order valence-electron chi connectivity index (χ1n) is 7.16. The van der Waals surface area contributed by atoms with Gasteiger partial charge in [0.15, 0.2) is 5.60 Å². The van der Waals surface area contributed by atoms with Crippen LogP contribution < -0.4 is 5.32 Å². The summed E-state index contributed by atoms with van der Waals surface area (Å²) in [5.74, 6) is -0.290. The highest BCUT2D eigenvalue weighted by atomic mass is 32.2. The molecule has 9 heteroatoms. The lowest BCUT2D eigenvalue weighted by Crippen LogP contribution is -2.59. The lowest BCUT2D eigenvalue weighted by atomic mass is 10.0. The number of ether oxygens (including phenoxy) is 1. The molecule has 2 rings (SSSR count). The number of carbonyl (C=O) groups is 1. The van der Waals surface area contributed by atoms with Gasteiger partial charge in [0.25, 0.3) is 5.91 Å². The molecule has 1 aliphatic rings. The fourth-order valence-corrected chi connectivity index (χ4v) is 3.20. The summed E-state index contributed by atoms with van der Waals surface area (Å²) in [5.41, 5.74) is -1.15. The number of aromatic nitrogens is 2. The molecule has 1 aliphatic heterocycles. The Morgan fingerprint density at radius 3 is 2.91 bits per heavy atom. The highest BCUT2D eigenvalue weighted by Crippen LogP contribution is 2.19. The Labute approximate surface area is 130 Å². The second-order valence-corrected chi connectivity index (χ2v) is 7.54. The monoisotopic (exact) mass is 330 g/mol. The Kier molecular flexibility index (Phi) is 5.20. The van der Waals surface area contributed by atoms with Gasteiger partial charge >= 0.3 is 0 Å². The lowest BCUT2D eigenvalue weighted by molar-refractivity contribution is -0.152. The second kappa shape index (κ2) is 6.76. The van der Waals surface area contributed by atoms with Crippen molar-refractivity contribution in [3.05, 3.63) is 18.5 Å². The maximum Gasteiger partial charge on any atom is 0.253 e. The van der Waals surface area contributed by atoms with Gasteiger partial charge in [0.05, 0.1) is 19.4 Å². The van der Waals surface area contributed by atoms with Crippen LogP contribution in [0.1, 0.15) is 13.3 Å². The number of hydrogen-bond donors (Lipinski definition) is 1. The first kappa shape index (κ1) is 16.9. The third-order valence-corrected chi connectivity index (χ3v) is 4.85. The zero-order valence-electron chi connectivity index (χ0n) is 12.9. The van der Waals surface area contributed by atoms with Crippen LogP contribution in [0.15, 0.2) is 18.5 Å². The van der Waals surface area contributed by atoms with Crippen LogP contribution in [-0.4, -0.2) is 66.5 Å². The molecule has 0 bridgehead atoms. The Morgan fingerprint density at radius 1 is 1.50 bits per heavy atom. The van der Waals surface area contributed by atoms with Crippen LogP contribution in [0, 0.1) is 0 Å².